The number of piperidine rings is 1. The molecule has 118 valence electrons. The maximum absolute atomic E-state index is 5.87. The Morgan fingerprint density at radius 1 is 0.850 bits per heavy atom. The quantitative estimate of drug-likeness (QED) is 0.594. The van der Waals surface area contributed by atoms with E-state index in [-0.39, 0.29) is 0 Å². The zero-order valence-corrected chi connectivity index (χ0v) is 15.3. The van der Waals surface area contributed by atoms with E-state index in [1.165, 1.54) is 31.5 Å². The summed E-state index contributed by atoms with van der Waals surface area (Å²) in [5.41, 5.74) is 1.45. The zero-order valence-electron chi connectivity index (χ0n) is 14.5. The van der Waals surface area contributed by atoms with E-state index < -0.39 is 0 Å². The summed E-state index contributed by atoms with van der Waals surface area (Å²) in [7, 11) is 2.19. The molecule has 0 bridgehead atoms. The molecule has 1 aliphatic heterocycles. The molecule has 2 heteroatoms. The van der Waals surface area contributed by atoms with Gasteiger partial charge in [-0.05, 0) is 56.6 Å². The van der Waals surface area contributed by atoms with Gasteiger partial charge in [-0.25, -0.2) is 0 Å². The van der Waals surface area contributed by atoms with Crippen LogP contribution in [0.2, 0.25) is 5.02 Å². The first-order valence-electron chi connectivity index (χ1n) is 8.20. The third kappa shape index (κ3) is 8.60. The highest BCUT2D eigenvalue weighted by Gasteiger charge is 2.17. The smallest absolute Gasteiger partial charge is 0.0406 e. The van der Waals surface area contributed by atoms with Crippen LogP contribution in [-0.4, -0.2) is 25.0 Å². The number of likely N-dealkylation sites (tertiary alicyclic amines) is 1. The molecule has 1 fully saturated rings. The van der Waals surface area contributed by atoms with E-state index in [4.69, 9.17) is 11.6 Å². The molecule has 0 saturated carbocycles. The third-order valence-corrected chi connectivity index (χ3v) is 3.31. The Bertz CT molecular complexity index is 287. The van der Waals surface area contributed by atoms with Gasteiger partial charge in [-0.3, -0.25) is 0 Å². The standard InChI is InChI=1S/C12H16ClN.3C2H6/c1-14-8-6-11(7-9-14)10-2-4-12(13)5-3-10;3*1-2/h2-5,11H,6-9H2,1H3;3*1-2H3. The highest BCUT2D eigenvalue weighted by molar-refractivity contribution is 6.30. The second-order valence-electron chi connectivity index (χ2n) is 4.13. The van der Waals surface area contributed by atoms with Crippen LogP contribution in [-0.2, 0) is 0 Å². The van der Waals surface area contributed by atoms with Crippen molar-refractivity contribution in [3.05, 3.63) is 34.9 Å². The molecular formula is C18H34ClN. The Labute approximate surface area is 132 Å². The van der Waals surface area contributed by atoms with Crippen LogP contribution in [0.3, 0.4) is 0 Å². The molecule has 0 aromatic heterocycles. The van der Waals surface area contributed by atoms with Crippen molar-refractivity contribution in [3.8, 4) is 0 Å². The van der Waals surface area contributed by atoms with Gasteiger partial charge in [0, 0.05) is 5.02 Å². The highest BCUT2D eigenvalue weighted by Crippen LogP contribution is 2.27. The summed E-state index contributed by atoms with van der Waals surface area (Å²) in [5.74, 6) is 0.739. The topological polar surface area (TPSA) is 3.24 Å². The van der Waals surface area contributed by atoms with E-state index >= 15 is 0 Å². The van der Waals surface area contributed by atoms with Gasteiger partial charge in [0.25, 0.3) is 0 Å². The molecule has 1 aromatic carbocycles. The van der Waals surface area contributed by atoms with E-state index in [9.17, 15) is 0 Å². The van der Waals surface area contributed by atoms with Gasteiger partial charge in [0.05, 0.1) is 0 Å². The van der Waals surface area contributed by atoms with E-state index in [2.05, 4.69) is 24.1 Å². The van der Waals surface area contributed by atoms with Crippen LogP contribution in [0.4, 0.5) is 0 Å². The summed E-state index contributed by atoms with van der Waals surface area (Å²) in [4.78, 5) is 2.40. The molecule has 1 nitrogen and oxygen atoms in total. The number of hydrogen-bond donors (Lipinski definition) is 0. The molecule has 20 heavy (non-hydrogen) atoms. The minimum absolute atomic E-state index is 0.739. The number of nitrogens with zero attached hydrogens (tertiary/aromatic N) is 1. The van der Waals surface area contributed by atoms with Crippen molar-refractivity contribution in [1.29, 1.82) is 0 Å². The fourth-order valence-electron chi connectivity index (χ4n) is 2.08. The molecule has 0 atom stereocenters. The minimum Gasteiger partial charge on any atom is -0.306 e. The first kappa shape index (κ1) is 21.8. The van der Waals surface area contributed by atoms with Gasteiger partial charge in [-0.1, -0.05) is 65.3 Å². The van der Waals surface area contributed by atoms with E-state index in [1.807, 2.05) is 53.7 Å². The Morgan fingerprint density at radius 2 is 1.25 bits per heavy atom. The molecule has 0 amide bonds. The van der Waals surface area contributed by atoms with Gasteiger partial charge >= 0.3 is 0 Å². The van der Waals surface area contributed by atoms with Crippen molar-refractivity contribution in [3.63, 3.8) is 0 Å². The summed E-state index contributed by atoms with van der Waals surface area (Å²) < 4.78 is 0. The highest BCUT2D eigenvalue weighted by atomic mass is 35.5. The molecule has 0 spiro atoms. The summed E-state index contributed by atoms with van der Waals surface area (Å²) in [6, 6.07) is 8.32. The summed E-state index contributed by atoms with van der Waals surface area (Å²) in [6.07, 6.45) is 2.55. The zero-order chi connectivity index (χ0) is 16.0. The van der Waals surface area contributed by atoms with E-state index in [1.54, 1.807) is 0 Å². The van der Waals surface area contributed by atoms with Crippen molar-refractivity contribution in [1.82, 2.24) is 4.90 Å². The van der Waals surface area contributed by atoms with E-state index in [0.717, 1.165) is 10.9 Å². The molecule has 1 aromatic rings. The second-order valence-corrected chi connectivity index (χ2v) is 4.57. The van der Waals surface area contributed by atoms with Crippen LogP contribution in [0.25, 0.3) is 0 Å². The fraction of sp³-hybridized carbons (Fsp3) is 0.667. The number of benzene rings is 1. The SMILES string of the molecule is CC.CC.CC.CN1CCC(c2ccc(Cl)cc2)CC1. The Kier molecular flexibility index (Phi) is 16.2. The van der Waals surface area contributed by atoms with Crippen molar-refractivity contribution < 1.29 is 0 Å². The molecule has 0 N–H and O–H groups in total. The summed E-state index contributed by atoms with van der Waals surface area (Å²) >= 11 is 5.87. The third-order valence-electron chi connectivity index (χ3n) is 3.06. The van der Waals surface area contributed by atoms with Crippen LogP contribution in [0, 0.1) is 0 Å². The van der Waals surface area contributed by atoms with Gasteiger partial charge in [0.15, 0.2) is 0 Å². The van der Waals surface area contributed by atoms with Crippen molar-refractivity contribution >= 4 is 11.6 Å². The maximum atomic E-state index is 5.87. The monoisotopic (exact) mass is 299 g/mol. The predicted molar refractivity (Wildman–Crippen MR) is 95.0 cm³/mol. The lowest BCUT2D eigenvalue weighted by Crippen LogP contribution is -2.29. The van der Waals surface area contributed by atoms with Gasteiger partial charge in [0.2, 0.25) is 0 Å². The average molecular weight is 300 g/mol. The minimum atomic E-state index is 0.739. The average Bonchev–Trinajstić information content (AvgIpc) is 2.55. The van der Waals surface area contributed by atoms with Crippen molar-refractivity contribution in [2.75, 3.05) is 20.1 Å². The first-order valence-corrected chi connectivity index (χ1v) is 8.57. The van der Waals surface area contributed by atoms with Crippen LogP contribution in [0.1, 0.15) is 65.9 Å². The molecule has 0 radical (unpaired) electrons. The number of rotatable bonds is 1. The van der Waals surface area contributed by atoms with Crippen LogP contribution in [0.15, 0.2) is 24.3 Å². The van der Waals surface area contributed by atoms with Crippen LogP contribution >= 0.6 is 11.6 Å². The molecule has 1 saturated heterocycles. The van der Waals surface area contributed by atoms with Crippen molar-refractivity contribution in [2.45, 2.75) is 60.3 Å². The second kappa shape index (κ2) is 14.9. The fourth-order valence-corrected chi connectivity index (χ4v) is 2.20. The Balaban J connectivity index is 0. The lowest BCUT2D eigenvalue weighted by molar-refractivity contribution is 0.255. The predicted octanol–water partition coefficient (Wildman–Crippen LogP) is 6.23. The summed E-state index contributed by atoms with van der Waals surface area (Å²) in [6.45, 7) is 14.4. The summed E-state index contributed by atoms with van der Waals surface area (Å²) in [5, 5.41) is 0.835. The lowest BCUT2D eigenvalue weighted by Gasteiger charge is -2.29. The number of hydrogen-bond acceptors (Lipinski definition) is 1. The van der Waals surface area contributed by atoms with Gasteiger partial charge in [0.1, 0.15) is 0 Å². The molecular weight excluding hydrogens is 266 g/mol. The molecule has 1 aliphatic rings. The Morgan fingerprint density at radius 3 is 1.65 bits per heavy atom. The largest absolute Gasteiger partial charge is 0.306 e. The van der Waals surface area contributed by atoms with Gasteiger partial charge in [-0.15, -0.1) is 0 Å². The molecule has 0 aliphatic carbocycles. The van der Waals surface area contributed by atoms with Crippen LogP contribution in [0.5, 0.6) is 0 Å². The molecule has 0 unspecified atom stereocenters. The maximum Gasteiger partial charge on any atom is 0.0406 e. The normalized spacial score (nSPS) is 14.8. The lowest BCUT2D eigenvalue weighted by atomic mass is 9.90. The van der Waals surface area contributed by atoms with Gasteiger partial charge in [-0.2, -0.15) is 0 Å². The molecule has 2 rings (SSSR count). The number of halogens is 1. The van der Waals surface area contributed by atoms with E-state index in [0.29, 0.717) is 0 Å². The van der Waals surface area contributed by atoms with Gasteiger partial charge < -0.3 is 4.90 Å². The first-order chi connectivity index (χ1) is 9.75. The molecule has 1 heterocycles. The van der Waals surface area contributed by atoms with Crippen LogP contribution < -0.4 is 0 Å². The van der Waals surface area contributed by atoms with Crippen molar-refractivity contribution in [2.24, 2.45) is 0 Å². The Hall–Kier alpha value is -0.530.